The van der Waals surface area contributed by atoms with Crippen molar-refractivity contribution < 1.29 is 18.3 Å². The summed E-state index contributed by atoms with van der Waals surface area (Å²) < 4.78 is 38.5. The molecule has 2 aromatic carbocycles. The number of rotatable bonds is 2. The van der Waals surface area contributed by atoms with Crippen LogP contribution in [0.4, 0.5) is 13.2 Å². The molecule has 0 saturated carbocycles. The fourth-order valence-corrected chi connectivity index (χ4v) is 2.90. The first kappa shape index (κ1) is 15.1. The Balaban J connectivity index is 1.86. The van der Waals surface area contributed by atoms with Crippen molar-refractivity contribution in [3.63, 3.8) is 0 Å². The summed E-state index contributed by atoms with van der Waals surface area (Å²) in [6, 6.07) is 14.5. The first-order chi connectivity index (χ1) is 10.4. The van der Waals surface area contributed by atoms with E-state index in [1.807, 2.05) is 30.3 Å². The maximum Gasteiger partial charge on any atom is 0.416 e. The minimum Gasteiger partial charge on any atom is -0.384 e. The molecule has 0 bridgehead atoms. The molecule has 116 valence electrons. The maximum atomic E-state index is 12.8. The number of alkyl halides is 3. The molecule has 2 aromatic rings. The van der Waals surface area contributed by atoms with Gasteiger partial charge in [-0.3, -0.25) is 0 Å². The molecule has 1 aliphatic rings. The highest BCUT2D eigenvalue weighted by molar-refractivity contribution is 5.33. The normalized spacial score (nSPS) is 25.4. The average Bonchev–Trinajstić information content (AvgIpc) is 2.91. The molecule has 3 rings (SSSR count). The molecule has 5 heteroatoms. The van der Waals surface area contributed by atoms with Gasteiger partial charge in [0.25, 0.3) is 0 Å². The molecule has 22 heavy (non-hydrogen) atoms. The number of benzene rings is 2. The highest BCUT2D eigenvalue weighted by atomic mass is 19.4. The quantitative estimate of drug-likeness (QED) is 0.888. The highest BCUT2D eigenvalue weighted by Gasteiger charge is 2.40. The van der Waals surface area contributed by atoms with E-state index in [1.54, 1.807) is 6.07 Å². The molecule has 0 spiro atoms. The predicted octanol–water partition coefficient (Wildman–Crippen LogP) is 3.63. The van der Waals surface area contributed by atoms with Crippen LogP contribution in [0.15, 0.2) is 54.6 Å². The van der Waals surface area contributed by atoms with Gasteiger partial charge in [0.05, 0.1) is 5.56 Å². The van der Waals surface area contributed by atoms with Gasteiger partial charge in [-0.05, 0) is 23.3 Å². The maximum absolute atomic E-state index is 12.8. The minimum atomic E-state index is -4.41. The molecular weight excluding hydrogens is 291 g/mol. The van der Waals surface area contributed by atoms with Crippen molar-refractivity contribution >= 4 is 0 Å². The lowest BCUT2D eigenvalue weighted by Crippen LogP contribution is -2.28. The molecule has 0 aliphatic carbocycles. The molecule has 1 fully saturated rings. The Morgan fingerprint density at radius 1 is 1.05 bits per heavy atom. The van der Waals surface area contributed by atoms with Crippen LogP contribution in [0.5, 0.6) is 0 Å². The van der Waals surface area contributed by atoms with E-state index < -0.39 is 17.3 Å². The van der Waals surface area contributed by atoms with Crippen molar-refractivity contribution in [1.29, 1.82) is 0 Å². The van der Waals surface area contributed by atoms with Crippen molar-refractivity contribution in [3.8, 4) is 0 Å². The summed E-state index contributed by atoms with van der Waals surface area (Å²) in [7, 11) is 0. The third-order valence-corrected chi connectivity index (χ3v) is 4.11. The molecule has 0 amide bonds. The van der Waals surface area contributed by atoms with Crippen molar-refractivity contribution in [1.82, 2.24) is 5.32 Å². The van der Waals surface area contributed by atoms with Gasteiger partial charge in [-0.1, -0.05) is 42.5 Å². The molecular formula is C17H16F3NO. The molecule has 0 aromatic heterocycles. The summed E-state index contributed by atoms with van der Waals surface area (Å²) in [4.78, 5) is 0. The molecule has 0 unspecified atom stereocenters. The van der Waals surface area contributed by atoms with Gasteiger partial charge in [0.15, 0.2) is 0 Å². The van der Waals surface area contributed by atoms with Crippen LogP contribution in [-0.4, -0.2) is 11.7 Å². The van der Waals surface area contributed by atoms with Crippen LogP contribution in [-0.2, 0) is 11.8 Å². The van der Waals surface area contributed by atoms with Gasteiger partial charge >= 0.3 is 6.18 Å². The Kier molecular flexibility index (Phi) is 3.70. The zero-order valence-corrected chi connectivity index (χ0v) is 11.8. The van der Waals surface area contributed by atoms with Crippen molar-refractivity contribution in [2.24, 2.45) is 0 Å². The summed E-state index contributed by atoms with van der Waals surface area (Å²) >= 11 is 0. The Hall–Kier alpha value is -1.85. The SMILES string of the molecule is O[C@@]1(c2cccc(C(F)(F)F)c2)CN[C@@H](c2ccccc2)C1. The van der Waals surface area contributed by atoms with E-state index in [1.165, 1.54) is 6.07 Å². The van der Waals surface area contributed by atoms with Gasteiger partial charge < -0.3 is 10.4 Å². The van der Waals surface area contributed by atoms with Crippen LogP contribution in [0.3, 0.4) is 0 Å². The van der Waals surface area contributed by atoms with Gasteiger partial charge in [-0.2, -0.15) is 13.2 Å². The largest absolute Gasteiger partial charge is 0.416 e. The van der Waals surface area contributed by atoms with Crippen LogP contribution in [0.2, 0.25) is 0 Å². The zero-order chi connectivity index (χ0) is 15.8. The van der Waals surface area contributed by atoms with E-state index >= 15 is 0 Å². The molecule has 1 saturated heterocycles. The smallest absolute Gasteiger partial charge is 0.384 e. The summed E-state index contributed by atoms with van der Waals surface area (Å²) in [5.74, 6) is 0. The van der Waals surface area contributed by atoms with Crippen LogP contribution in [0, 0.1) is 0 Å². The molecule has 2 nitrogen and oxygen atoms in total. The fourth-order valence-electron chi connectivity index (χ4n) is 2.90. The first-order valence-corrected chi connectivity index (χ1v) is 7.07. The van der Waals surface area contributed by atoms with Crippen LogP contribution < -0.4 is 5.32 Å². The lowest BCUT2D eigenvalue weighted by atomic mass is 9.88. The van der Waals surface area contributed by atoms with E-state index in [9.17, 15) is 18.3 Å². The number of β-amino-alcohol motifs (C(OH)–C–C–N with tert-alkyl or cyclic N) is 1. The highest BCUT2D eigenvalue weighted by Crippen LogP contribution is 2.39. The number of aliphatic hydroxyl groups is 1. The second-order valence-electron chi connectivity index (χ2n) is 5.66. The van der Waals surface area contributed by atoms with E-state index in [-0.39, 0.29) is 12.6 Å². The van der Waals surface area contributed by atoms with Crippen LogP contribution in [0.25, 0.3) is 0 Å². The monoisotopic (exact) mass is 307 g/mol. The summed E-state index contributed by atoms with van der Waals surface area (Å²) in [5, 5.41) is 13.9. The van der Waals surface area contributed by atoms with Gasteiger partial charge in [-0.15, -0.1) is 0 Å². The topological polar surface area (TPSA) is 32.3 Å². The first-order valence-electron chi connectivity index (χ1n) is 7.07. The lowest BCUT2D eigenvalue weighted by Gasteiger charge is -2.23. The van der Waals surface area contributed by atoms with E-state index in [2.05, 4.69) is 5.32 Å². The third-order valence-electron chi connectivity index (χ3n) is 4.11. The van der Waals surface area contributed by atoms with Gasteiger partial charge in [0.2, 0.25) is 0 Å². The molecule has 1 aliphatic heterocycles. The zero-order valence-electron chi connectivity index (χ0n) is 11.8. The lowest BCUT2D eigenvalue weighted by molar-refractivity contribution is -0.137. The third kappa shape index (κ3) is 2.87. The number of hydrogen-bond acceptors (Lipinski definition) is 2. The summed E-state index contributed by atoms with van der Waals surface area (Å²) in [6.45, 7) is 0.230. The van der Waals surface area contributed by atoms with Crippen molar-refractivity contribution in [2.75, 3.05) is 6.54 Å². The molecule has 2 atom stereocenters. The van der Waals surface area contributed by atoms with E-state index in [4.69, 9.17) is 0 Å². The van der Waals surface area contributed by atoms with Gasteiger partial charge in [0.1, 0.15) is 5.60 Å². The van der Waals surface area contributed by atoms with Crippen LogP contribution in [0.1, 0.15) is 29.2 Å². The number of halogens is 3. The molecule has 1 heterocycles. The second kappa shape index (κ2) is 5.41. The average molecular weight is 307 g/mol. The fraction of sp³-hybridized carbons (Fsp3) is 0.294. The second-order valence-corrected chi connectivity index (χ2v) is 5.66. The Labute approximate surface area is 126 Å². The molecule has 0 radical (unpaired) electrons. The Morgan fingerprint density at radius 3 is 2.45 bits per heavy atom. The van der Waals surface area contributed by atoms with E-state index in [0.717, 1.165) is 17.7 Å². The Bertz CT molecular complexity index is 656. The van der Waals surface area contributed by atoms with Crippen molar-refractivity contribution in [3.05, 3.63) is 71.3 Å². The van der Waals surface area contributed by atoms with Gasteiger partial charge in [-0.25, -0.2) is 0 Å². The van der Waals surface area contributed by atoms with Crippen molar-refractivity contribution in [2.45, 2.75) is 24.2 Å². The number of hydrogen-bond donors (Lipinski definition) is 2. The van der Waals surface area contributed by atoms with Crippen LogP contribution >= 0.6 is 0 Å². The Morgan fingerprint density at radius 2 is 1.77 bits per heavy atom. The summed E-state index contributed by atoms with van der Waals surface area (Å²) in [6.07, 6.45) is -4.06. The van der Waals surface area contributed by atoms with Gasteiger partial charge in [0, 0.05) is 19.0 Å². The predicted molar refractivity (Wildman–Crippen MR) is 77.1 cm³/mol. The molecule has 2 N–H and O–H groups in total. The standard InChI is InChI=1S/C17H16F3NO/c18-17(19,20)14-8-4-7-13(9-14)16(22)10-15(21-11-16)12-5-2-1-3-6-12/h1-9,15,21-22H,10-11H2/t15-,16-/m1/s1. The minimum absolute atomic E-state index is 0.0688. The van der Waals surface area contributed by atoms with E-state index in [0.29, 0.717) is 12.0 Å². The summed E-state index contributed by atoms with van der Waals surface area (Å²) in [5.41, 5.74) is -0.706. The number of nitrogens with one attached hydrogen (secondary N) is 1.